The van der Waals surface area contributed by atoms with E-state index in [2.05, 4.69) is 5.32 Å². The number of hydrogen-bond acceptors (Lipinski definition) is 3. The van der Waals surface area contributed by atoms with Gasteiger partial charge in [-0.2, -0.15) is 0 Å². The van der Waals surface area contributed by atoms with Crippen molar-refractivity contribution in [2.45, 2.75) is 5.85 Å². The molecule has 0 radical (unpaired) electrons. The first kappa shape index (κ1) is 8.59. The van der Waals surface area contributed by atoms with Gasteiger partial charge in [0.2, 0.25) is 0 Å². The normalized spacial score (nSPS) is 28.4. The van der Waals surface area contributed by atoms with Gasteiger partial charge in [0.05, 0.1) is 12.9 Å². The standard InChI is InChI=1S/C4H12N3OPS/c5-9(6,10)4-3-7-1-2-8-4/h4,7H,1-3H2,(H4,5,6,10). The van der Waals surface area contributed by atoms with Gasteiger partial charge in [-0.1, -0.05) is 11.8 Å². The molecular weight excluding hydrogens is 169 g/mol. The molecule has 1 aliphatic heterocycles. The van der Waals surface area contributed by atoms with Crippen LogP contribution in [0.5, 0.6) is 0 Å². The van der Waals surface area contributed by atoms with Gasteiger partial charge in [0.1, 0.15) is 5.85 Å². The molecule has 6 heteroatoms. The van der Waals surface area contributed by atoms with E-state index in [4.69, 9.17) is 27.6 Å². The van der Waals surface area contributed by atoms with Crippen LogP contribution in [0.1, 0.15) is 0 Å². The highest BCUT2D eigenvalue weighted by Gasteiger charge is 2.22. The lowest BCUT2D eigenvalue weighted by molar-refractivity contribution is 0.0808. The summed E-state index contributed by atoms with van der Waals surface area (Å²) in [7, 11) is 0. The van der Waals surface area contributed by atoms with Crippen LogP contribution >= 0.6 is 6.34 Å². The van der Waals surface area contributed by atoms with Gasteiger partial charge in [-0.25, -0.2) is 0 Å². The van der Waals surface area contributed by atoms with Crippen LogP contribution in [0.15, 0.2) is 0 Å². The Morgan fingerprint density at radius 2 is 2.30 bits per heavy atom. The van der Waals surface area contributed by atoms with E-state index in [1.165, 1.54) is 0 Å². The summed E-state index contributed by atoms with van der Waals surface area (Å²) < 4.78 is 5.28. The highest BCUT2D eigenvalue weighted by molar-refractivity contribution is 8.12. The molecule has 1 heterocycles. The molecule has 10 heavy (non-hydrogen) atoms. The maximum Gasteiger partial charge on any atom is 0.123 e. The Hall–Kier alpha value is 0.490. The van der Waals surface area contributed by atoms with Gasteiger partial charge in [0, 0.05) is 13.1 Å². The van der Waals surface area contributed by atoms with Crippen LogP contribution < -0.4 is 16.3 Å². The molecule has 1 fully saturated rings. The van der Waals surface area contributed by atoms with Gasteiger partial charge in [0.25, 0.3) is 0 Å². The number of ether oxygens (including phenoxy) is 1. The Labute approximate surface area is 65.4 Å². The quantitative estimate of drug-likeness (QED) is 0.460. The molecule has 4 nitrogen and oxygen atoms in total. The Balaban J connectivity index is 2.47. The van der Waals surface area contributed by atoms with E-state index in [0.717, 1.165) is 6.54 Å². The molecule has 0 spiro atoms. The van der Waals surface area contributed by atoms with E-state index in [9.17, 15) is 0 Å². The molecule has 0 bridgehead atoms. The highest BCUT2D eigenvalue weighted by Crippen LogP contribution is 2.34. The zero-order valence-electron chi connectivity index (χ0n) is 5.62. The fraction of sp³-hybridized carbons (Fsp3) is 1.00. The maximum atomic E-state index is 5.55. The van der Waals surface area contributed by atoms with Gasteiger partial charge in [-0.3, -0.25) is 11.0 Å². The first-order chi connectivity index (χ1) is 4.61. The van der Waals surface area contributed by atoms with E-state index in [-0.39, 0.29) is 5.85 Å². The van der Waals surface area contributed by atoms with Crippen LogP contribution in [0.3, 0.4) is 0 Å². The molecule has 60 valence electrons. The molecule has 0 aromatic rings. The third-order valence-corrected chi connectivity index (χ3v) is 3.30. The van der Waals surface area contributed by atoms with E-state index in [1.54, 1.807) is 0 Å². The molecule has 1 rings (SSSR count). The lowest BCUT2D eigenvalue weighted by Gasteiger charge is -2.28. The van der Waals surface area contributed by atoms with E-state index >= 15 is 0 Å². The van der Waals surface area contributed by atoms with Crippen LogP contribution in [-0.2, 0) is 16.5 Å². The summed E-state index contributed by atoms with van der Waals surface area (Å²) in [5, 5.41) is 3.12. The van der Waals surface area contributed by atoms with Crippen molar-refractivity contribution in [1.82, 2.24) is 5.32 Å². The zero-order chi connectivity index (χ0) is 7.61. The van der Waals surface area contributed by atoms with Crippen molar-refractivity contribution in [3.8, 4) is 0 Å². The third-order valence-electron chi connectivity index (χ3n) is 1.36. The molecular formula is C4H12N3OPS. The van der Waals surface area contributed by atoms with Crippen LogP contribution in [0.25, 0.3) is 0 Å². The molecule has 1 aliphatic rings. The Bertz CT molecular complexity index is 153. The number of rotatable bonds is 1. The van der Waals surface area contributed by atoms with Gasteiger partial charge in [-0.05, 0) is 0 Å². The molecule has 0 aromatic heterocycles. The average molecular weight is 181 g/mol. The molecule has 1 saturated heterocycles. The minimum absolute atomic E-state index is 0.128. The smallest absolute Gasteiger partial charge is 0.123 e. The average Bonchev–Trinajstić information content (AvgIpc) is 1.88. The Morgan fingerprint density at radius 1 is 1.60 bits per heavy atom. The number of morpholine rings is 1. The molecule has 1 unspecified atom stereocenters. The number of nitrogens with one attached hydrogen (secondary N) is 1. The topological polar surface area (TPSA) is 73.3 Å². The lowest BCUT2D eigenvalue weighted by atomic mass is 10.5. The van der Waals surface area contributed by atoms with E-state index < -0.39 is 6.34 Å². The Morgan fingerprint density at radius 3 is 2.60 bits per heavy atom. The maximum absolute atomic E-state index is 5.55. The van der Waals surface area contributed by atoms with Crippen molar-refractivity contribution in [3.05, 3.63) is 0 Å². The molecule has 1 atom stereocenters. The van der Waals surface area contributed by atoms with E-state index in [0.29, 0.717) is 13.2 Å². The predicted molar refractivity (Wildman–Crippen MR) is 45.3 cm³/mol. The van der Waals surface area contributed by atoms with Crippen LogP contribution in [0.4, 0.5) is 0 Å². The Kier molecular flexibility index (Phi) is 2.80. The molecule has 0 saturated carbocycles. The third kappa shape index (κ3) is 2.27. The summed E-state index contributed by atoms with van der Waals surface area (Å²) in [6.07, 6.45) is -2.19. The second-order valence-corrected chi connectivity index (χ2v) is 6.29. The SMILES string of the molecule is NP(N)(=S)C1CNCCO1. The molecule has 0 aliphatic carbocycles. The van der Waals surface area contributed by atoms with E-state index in [1.807, 2.05) is 0 Å². The largest absolute Gasteiger partial charge is 0.368 e. The molecule has 0 amide bonds. The minimum atomic E-state index is -2.19. The van der Waals surface area contributed by atoms with Crippen molar-refractivity contribution in [2.24, 2.45) is 11.0 Å². The van der Waals surface area contributed by atoms with Crippen molar-refractivity contribution in [2.75, 3.05) is 19.7 Å². The van der Waals surface area contributed by atoms with Gasteiger partial charge >= 0.3 is 0 Å². The zero-order valence-corrected chi connectivity index (χ0v) is 7.33. The second-order valence-electron chi connectivity index (χ2n) is 2.29. The fourth-order valence-electron chi connectivity index (χ4n) is 0.811. The summed E-state index contributed by atoms with van der Waals surface area (Å²) >= 11 is 4.91. The summed E-state index contributed by atoms with van der Waals surface area (Å²) in [6.45, 7) is 2.23. The fourth-order valence-corrected chi connectivity index (χ4v) is 1.97. The minimum Gasteiger partial charge on any atom is -0.368 e. The van der Waals surface area contributed by atoms with Crippen molar-refractivity contribution < 1.29 is 4.74 Å². The summed E-state index contributed by atoms with van der Waals surface area (Å²) in [5.74, 6) is -0.128. The highest BCUT2D eigenvalue weighted by atomic mass is 32.4. The van der Waals surface area contributed by atoms with Crippen LogP contribution in [0, 0.1) is 0 Å². The first-order valence-electron chi connectivity index (χ1n) is 3.10. The van der Waals surface area contributed by atoms with Crippen molar-refractivity contribution in [3.63, 3.8) is 0 Å². The summed E-state index contributed by atoms with van der Waals surface area (Å²) in [4.78, 5) is 0. The van der Waals surface area contributed by atoms with Gasteiger partial charge < -0.3 is 10.1 Å². The summed E-state index contributed by atoms with van der Waals surface area (Å²) in [6, 6.07) is 0. The lowest BCUT2D eigenvalue weighted by Crippen LogP contribution is -2.41. The van der Waals surface area contributed by atoms with Crippen LogP contribution in [0.2, 0.25) is 0 Å². The van der Waals surface area contributed by atoms with Gasteiger partial charge in [0.15, 0.2) is 0 Å². The first-order valence-corrected chi connectivity index (χ1v) is 6.11. The number of hydrogen-bond donors (Lipinski definition) is 3. The van der Waals surface area contributed by atoms with Crippen LogP contribution in [-0.4, -0.2) is 25.5 Å². The second kappa shape index (κ2) is 3.26. The van der Waals surface area contributed by atoms with Gasteiger partial charge in [-0.15, -0.1) is 0 Å². The number of nitrogens with two attached hydrogens (primary N) is 2. The summed E-state index contributed by atoms with van der Waals surface area (Å²) in [5.41, 5.74) is 11.1. The molecule has 5 N–H and O–H groups in total. The van der Waals surface area contributed by atoms with Crippen molar-refractivity contribution >= 4 is 18.1 Å². The monoisotopic (exact) mass is 181 g/mol. The predicted octanol–water partition coefficient (Wildman–Crippen LogP) is -0.841. The van der Waals surface area contributed by atoms with Crippen molar-refractivity contribution in [1.29, 1.82) is 0 Å². The molecule has 0 aromatic carbocycles.